The number of anilines is 1. The average Bonchev–Trinajstić information content (AvgIpc) is 2.86. The first-order valence-electron chi connectivity index (χ1n) is 6.12. The summed E-state index contributed by atoms with van der Waals surface area (Å²) in [6, 6.07) is 8.37. The zero-order valence-corrected chi connectivity index (χ0v) is 12.0. The SMILES string of the molecule is CC.c1ccc2sc(N3CCSCC3)nc2c1. The quantitative estimate of drug-likeness (QED) is 0.779. The molecule has 4 heteroatoms. The minimum Gasteiger partial charge on any atom is -0.346 e. The fraction of sp³-hybridized carbons (Fsp3) is 0.462. The van der Waals surface area contributed by atoms with Crippen LogP contribution in [0.15, 0.2) is 24.3 Å². The van der Waals surface area contributed by atoms with Crippen LogP contribution in [-0.4, -0.2) is 29.6 Å². The number of thiazole rings is 1. The minimum atomic E-state index is 1.13. The van der Waals surface area contributed by atoms with Gasteiger partial charge in [0.2, 0.25) is 0 Å². The van der Waals surface area contributed by atoms with E-state index in [4.69, 9.17) is 0 Å². The topological polar surface area (TPSA) is 16.1 Å². The van der Waals surface area contributed by atoms with E-state index in [2.05, 4.69) is 34.1 Å². The van der Waals surface area contributed by atoms with Gasteiger partial charge in [-0.05, 0) is 12.1 Å². The molecular weight excluding hydrogens is 248 g/mol. The highest BCUT2D eigenvalue weighted by Crippen LogP contribution is 2.29. The van der Waals surface area contributed by atoms with Gasteiger partial charge in [-0.1, -0.05) is 37.3 Å². The Hall–Kier alpha value is -0.740. The zero-order valence-electron chi connectivity index (χ0n) is 10.3. The number of hydrogen-bond donors (Lipinski definition) is 0. The van der Waals surface area contributed by atoms with Crippen molar-refractivity contribution in [1.82, 2.24) is 4.98 Å². The summed E-state index contributed by atoms with van der Waals surface area (Å²) >= 11 is 3.84. The van der Waals surface area contributed by atoms with Crippen molar-refractivity contribution in [3.63, 3.8) is 0 Å². The Balaban J connectivity index is 0.000000514. The number of fused-ring (bicyclic) bond motifs is 1. The van der Waals surface area contributed by atoms with Crippen molar-refractivity contribution >= 4 is 38.4 Å². The fourth-order valence-corrected chi connectivity index (χ4v) is 3.67. The second-order valence-corrected chi connectivity index (χ2v) is 5.80. The predicted molar refractivity (Wildman–Crippen MR) is 80.5 cm³/mol. The van der Waals surface area contributed by atoms with Crippen LogP contribution in [0.25, 0.3) is 10.2 Å². The number of hydrogen-bond acceptors (Lipinski definition) is 4. The number of para-hydroxylation sites is 1. The molecule has 1 saturated heterocycles. The summed E-state index contributed by atoms with van der Waals surface area (Å²) in [7, 11) is 0. The molecule has 0 aliphatic carbocycles. The predicted octanol–water partition coefficient (Wildman–Crippen LogP) is 3.88. The number of rotatable bonds is 1. The Morgan fingerprint density at radius 2 is 1.82 bits per heavy atom. The normalized spacial score (nSPS) is 15.5. The van der Waals surface area contributed by atoms with Crippen molar-refractivity contribution in [1.29, 1.82) is 0 Å². The molecule has 1 aromatic carbocycles. The maximum Gasteiger partial charge on any atom is 0.186 e. The maximum atomic E-state index is 4.67. The second kappa shape index (κ2) is 6.26. The molecule has 92 valence electrons. The minimum absolute atomic E-state index is 1.13. The summed E-state index contributed by atoms with van der Waals surface area (Å²) < 4.78 is 1.30. The van der Waals surface area contributed by atoms with Crippen molar-refractivity contribution in [2.45, 2.75) is 13.8 Å². The van der Waals surface area contributed by atoms with Gasteiger partial charge in [0, 0.05) is 24.6 Å². The van der Waals surface area contributed by atoms with E-state index in [-0.39, 0.29) is 0 Å². The van der Waals surface area contributed by atoms with Crippen LogP contribution in [0.3, 0.4) is 0 Å². The maximum absolute atomic E-state index is 4.67. The average molecular weight is 266 g/mol. The molecule has 17 heavy (non-hydrogen) atoms. The van der Waals surface area contributed by atoms with E-state index in [1.54, 1.807) is 0 Å². The van der Waals surface area contributed by atoms with Crippen LogP contribution < -0.4 is 4.90 Å². The molecule has 3 rings (SSSR count). The van der Waals surface area contributed by atoms with Crippen molar-refractivity contribution in [3.8, 4) is 0 Å². The van der Waals surface area contributed by atoms with Gasteiger partial charge >= 0.3 is 0 Å². The highest BCUT2D eigenvalue weighted by molar-refractivity contribution is 7.99. The van der Waals surface area contributed by atoms with Gasteiger partial charge in [-0.15, -0.1) is 0 Å². The van der Waals surface area contributed by atoms with E-state index in [1.807, 2.05) is 36.9 Å². The van der Waals surface area contributed by atoms with Gasteiger partial charge in [0.1, 0.15) is 0 Å². The zero-order chi connectivity index (χ0) is 12.1. The first-order valence-corrected chi connectivity index (χ1v) is 8.09. The van der Waals surface area contributed by atoms with Gasteiger partial charge in [0.25, 0.3) is 0 Å². The van der Waals surface area contributed by atoms with Crippen LogP contribution >= 0.6 is 23.1 Å². The standard InChI is InChI=1S/C11H12N2S2.C2H6/c1-2-4-10-9(3-1)12-11(15-10)13-5-7-14-8-6-13;1-2/h1-4H,5-8H2;1-2H3. The molecule has 0 unspecified atom stereocenters. The molecule has 0 atom stereocenters. The van der Waals surface area contributed by atoms with Gasteiger partial charge in [-0.3, -0.25) is 0 Å². The van der Waals surface area contributed by atoms with Crippen molar-refractivity contribution < 1.29 is 0 Å². The summed E-state index contributed by atoms with van der Waals surface area (Å²) in [5, 5.41) is 1.19. The number of thioether (sulfide) groups is 1. The van der Waals surface area contributed by atoms with Gasteiger partial charge in [0.05, 0.1) is 10.2 Å². The summed E-state index contributed by atoms with van der Waals surface area (Å²) in [5.41, 5.74) is 1.13. The molecule has 1 fully saturated rings. The second-order valence-electron chi connectivity index (χ2n) is 3.56. The molecule has 0 saturated carbocycles. The molecule has 0 spiro atoms. The smallest absolute Gasteiger partial charge is 0.186 e. The lowest BCUT2D eigenvalue weighted by Crippen LogP contribution is -2.32. The molecule has 0 N–H and O–H groups in total. The van der Waals surface area contributed by atoms with Gasteiger partial charge in [0.15, 0.2) is 5.13 Å². The van der Waals surface area contributed by atoms with Crippen LogP contribution in [0.5, 0.6) is 0 Å². The molecule has 1 aliphatic heterocycles. The molecule has 0 bridgehead atoms. The molecule has 1 aromatic heterocycles. The Kier molecular flexibility index (Phi) is 4.68. The Morgan fingerprint density at radius 3 is 2.53 bits per heavy atom. The van der Waals surface area contributed by atoms with Crippen LogP contribution in [0.2, 0.25) is 0 Å². The molecule has 1 aliphatic rings. The van der Waals surface area contributed by atoms with Crippen molar-refractivity contribution in [2.75, 3.05) is 29.5 Å². The van der Waals surface area contributed by atoms with Crippen LogP contribution in [0, 0.1) is 0 Å². The first-order chi connectivity index (χ1) is 8.43. The lowest BCUT2D eigenvalue weighted by atomic mass is 10.3. The Bertz CT molecular complexity index is 428. The molecular formula is C13H18N2S2. The third-order valence-corrected chi connectivity index (χ3v) is 4.60. The molecule has 2 heterocycles. The van der Waals surface area contributed by atoms with Gasteiger partial charge in [-0.25, -0.2) is 4.98 Å². The van der Waals surface area contributed by atoms with E-state index >= 15 is 0 Å². The Labute approximate surface area is 111 Å². The summed E-state index contributed by atoms with van der Waals surface area (Å²) in [4.78, 5) is 7.08. The molecule has 0 amide bonds. The highest BCUT2D eigenvalue weighted by Gasteiger charge is 2.14. The third-order valence-electron chi connectivity index (χ3n) is 2.56. The summed E-state index contributed by atoms with van der Waals surface area (Å²) in [6.45, 7) is 6.29. The van der Waals surface area contributed by atoms with Crippen molar-refractivity contribution in [2.24, 2.45) is 0 Å². The summed E-state index contributed by atoms with van der Waals surface area (Å²) in [5.74, 6) is 2.46. The van der Waals surface area contributed by atoms with E-state index < -0.39 is 0 Å². The lowest BCUT2D eigenvalue weighted by Gasteiger charge is -2.25. The van der Waals surface area contributed by atoms with E-state index in [9.17, 15) is 0 Å². The van der Waals surface area contributed by atoms with E-state index in [0.29, 0.717) is 0 Å². The molecule has 2 aromatic rings. The van der Waals surface area contributed by atoms with Gasteiger partial charge in [-0.2, -0.15) is 11.8 Å². The molecule has 2 nitrogen and oxygen atoms in total. The fourth-order valence-electron chi connectivity index (χ4n) is 1.75. The van der Waals surface area contributed by atoms with Crippen LogP contribution in [-0.2, 0) is 0 Å². The number of benzene rings is 1. The third kappa shape index (κ3) is 2.93. The van der Waals surface area contributed by atoms with Gasteiger partial charge < -0.3 is 4.90 Å². The first kappa shape index (κ1) is 12.7. The molecule has 0 radical (unpaired) electrons. The highest BCUT2D eigenvalue weighted by atomic mass is 32.2. The lowest BCUT2D eigenvalue weighted by molar-refractivity contribution is 0.854. The van der Waals surface area contributed by atoms with Crippen LogP contribution in [0.1, 0.15) is 13.8 Å². The monoisotopic (exact) mass is 266 g/mol. The summed E-state index contributed by atoms with van der Waals surface area (Å²) in [6.07, 6.45) is 0. The van der Waals surface area contributed by atoms with E-state index in [0.717, 1.165) is 18.6 Å². The van der Waals surface area contributed by atoms with Crippen LogP contribution in [0.4, 0.5) is 5.13 Å². The largest absolute Gasteiger partial charge is 0.346 e. The Morgan fingerprint density at radius 1 is 1.12 bits per heavy atom. The van der Waals surface area contributed by atoms with Crippen molar-refractivity contribution in [3.05, 3.63) is 24.3 Å². The number of nitrogens with zero attached hydrogens (tertiary/aromatic N) is 2. The number of aromatic nitrogens is 1. The van der Waals surface area contributed by atoms with E-state index in [1.165, 1.54) is 21.3 Å².